The Labute approximate surface area is 94.8 Å². The zero-order chi connectivity index (χ0) is 11.4. The molecule has 1 heterocycles. The van der Waals surface area contributed by atoms with Gasteiger partial charge in [-0.25, -0.2) is 0 Å². The predicted octanol–water partition coefficient (Wildman–Crippen LogP) is 3.34. The molecule has 0 spiro atoms. The predicted molar refractivity (Wildman–Crippen MR) is 64.9 cm³/mol. The second kappa shape index (κ2) is 4.81. The number of furan rings is 1. The molecule has 82 valence electrons. The highest BCUT2D eigenvalue weighted by Crippen LogP contribution is 2.22. The summed E-state index contributed by atoms with van der Waals surface area (Å²) < 4.78 is 5.31. The lowest BCUT2D eigenvalue weighted by molar-refractivity contribution is 0.343. The lowest BCUT2D eigenvalue weighted by Crippen LogP contribution is -1.82. The molecule has 0 unspecified atom stereocenters. The topological polar surface area (TPSA) is 33.4 Å². The summed E-state index contributed by atoms with van der Waals surface area (Å²) in [5.74, 6) is 0.871. The van der Waals surface area contributed by atoms with Gasteiger partial charge in [0.15, 0.2) is 0 Å². The molecular formula is C14H14O2. The van der Waals surface area contributed by atoms with Crippen LogP contribution in [0, 0.1) is 0 Å². The molecule has 0 radical (unpaired) electrons. The van der Waals surface area contributed by atoms with Crippen LogP contribution in [0.25, 0.3) is 16.9 Å². The molecule has 0 bridgehead atoms. The van der Waals surface area contributed by atoms with Crippen molar-refractivity contribution in [2.75, 3.05) is 6.61 Å². The van der Waals surface area contributed by atoms with Crippen LogP contribution in [0.4, 0.5) is 0 Å². The molecule has 2 heteroatoms. The van der Waals surface area contributed by atoms with Crippen LogP contribution in [0.5, 0.6) is 0 Å². The molecule has 0 fully saturated rings. The van der Waals surface area contributed by atoms with E-state index < -0.39 is 0 Å². The van der Waals surface area contributed by atoms with Crippen LogP contribution in [-0.2, 0) is 0 Å². The maximum Gasteiger partial charge on any atom is 0.133 e. The van der Waals surface area contributed by atoms with Gasteiger partial charge in [-0.05, 0) is 30.2 Å². The van der Waals surface area contributed by atoms with Crippen molar-refractivity contribution in [2.24, 2.45) is 0 Å². The third kappa shape index (κ3) is 2.23. The van der Waals surface area contributed by atoms with Gasteiger partial charge >= 0.3 is 0 Å². The van der Waals surface area contributed by atoms with Crippen molar-refractivity contribution in [3.05, 3.63) is 54.3 Å². The minimum Gasteiger partial charge on any atom is -0.464 e. The van der Waals surface area contributed by atoms with E-state index in [9.17, 15) is 0 Å². The van der Waals surface area contributed by atoms with Gasteiger partial charge in [0.1, 0.15) is 5.76 Å². The Morgan fingerprint density at radius 3 is 2.56 bits per heavy atom. The molecule has 0 saturated heterocycles. The molecule has 1 N–H and O–H groups in total. The smallest absolute Gasteiger partial charge is 0.133 e. The van der Waals surface area contributed by atoms with Crippen molar-refractivity contribution in [1.29, 1.82) is 0 Å². The van der Waals surface area contributed by atoms with Crippen molar-refractivity contribution in [3.8, 4) is 11.3 Å². The molecule has 0 aliphatic carbocycles. The molecule has 2 rings (SSSR count). The largest absolute Gasteiger partial charge is 0.464 e. The standard InChI is InChI=1S/C14H14O2/c1-11(8-9-15)12-4-6-13(7-5-12)14-3-2-10-16-14/h2-8,10,15H,9H2,1H3. The van der Waals surface area contributed by atoms with Crippen LogP contribution >= 0.6 is 0 Å². The summed E-state index contributed by atoms with van der Waals surface area (Å²) in [6, 6.07) is 11.9. The van der Waals surface area contributed by atoms with Gasteiger partial charge in [0.2, 0.25) is 0 Å². The van der Waals surface area contributed by atoms with Crippen LogP contribution in [-0.4, -0.2) is 11.7 Å². The fraction of sp³-hybridized carbons (Fsp3) is 0.143. The first kappa shape index (κ1) is 10.7. The molecule has 16 heavy (non-hydrogen) atoms. The minimum absolute atomic E-state index is 0.0752. The van der Waals surface area contributed by atoms with Gasteiger partial charge < -0.3 is 9.52 Å². The molecule has 2 nitrogen and oxygen atoms in total. The van der Waals surface area contributed by atoms with Gasteiger partial charge in [-0.15, -0.1) is 0 Å². The zero-order valence-corrected chi connectivity index (χ0v) is 9.18. The zero-order valence-electron chi connectivity index (χ0n) is 9.18. The number of benzene rings is 1. The van der Waals surface area contributed by atoms with E-state index in [-0.39, 0.29) is 6.61 Å². The maximum atomic E-state index is 8.81. The molecule has 1 aromatic carbocycles. The van der Waals surface area contributed by atoms with Crippen molar-refractivity contribution < 1.29 is 9.52 Å². The minimum atomic E-state index is 0.0752. The average Bonchev–Trinajstić information content (AvgIpc) is 2.83. The highest BCUT2D eigenvalue weighted by molar-refractivity contribution is 5.67. The van der Waals surface area contributed by atoms with Crippen molar-refractivity contribution in [1.82, 2.24) is 0 Å². The summed E-state index contributed by atoms with van der Waals surface area (Å²) in [6.45, 7) is 2.06. The van der Waals surface area contributed by atoms with Gasteiger partial charge in [-0.3, -0.25) is 0 Å². The van der Waals surface area contributed by atoms with Crippen LogP contribution in [0.15, 0.2) is 53.2 Å². The Hall–Kier alpha value is -1.80. The quantitative estimate of drug-likeness (QED) is 0.850. The molecule has 2 aromatic rings. The van der Waals surface area contributed by atoms with E-state index in [1.165, 1.54) is 0 Å². The number of hydrogen-bond donors (Lipinski definition) is 1. The summed E-state index contributed by atoms with van der Waals surface area (Å²) >= 11 is 0. The Bertz CT molecular complexity index is 464. The fourth-order valence-electron chi connectivity index (χ4n) is 1.59. The Morgan fingerprint density at radius 1 is 1.25 bits per heavy atom. The average molecular weight is 214 g/mol. The molecule has 0 saturated carbocycles. The lowest BCUT2D eigenvalue weighted by Gasteiger charge is -2.02. The van der Waals surface area contributed by atoms with Gasteiger partial charge in [0.25, 0.3) is 0 Å². The van der Waals surface area contributed by atoms with E-state index in [4.69, 9.17) is 9.52 Å². The van der Waals surface area contributed by atoms with Gasteiger partial charge in [-0.2, -0.15) is 0 Å². The maximum absolute atomic E-state index is 8.81. The summed E-state index contributed by atoms with van der Waals surface area (Å²) in [4.78, 5) is 0. The number of rotatable bonds is 3. The monoisotopic (exact) mass is 214 g/mol. The lowest BCUT2D eigenvalue weighted by atomic mass is 10.0. The second-order valence-electron chi connectivity index (χ2n) is 3.62. The van der Waals surface area contributed by atoms with E-state index in [0.29, 0.717) is 0 Å². The van der Waals surface area contributed by atoms with E-state index in [1.54, 1.807) is 12.3 Å². The molecular weight excluding hydrogens is 200 g/mol. The van der Waals surface area contributed by atoms with E-state index in [1.807, 2.05) is 43.3 Å². The van der Waals surface area contributed by atoms with Crippen LogP contribution in [0.1, 0.15) is 12.5 Å². The highest BCUT2D eigenvalue weighted by Gasteiger charge is 2.00. The van der Waals surface area contributed by atoms with Gasteiger partial charge in [0, 0.05) is 5.56 Å². The summed E-state index contributed by atoms with van der Waals surface area (Å²) in [5.41, 5.74) is 3.25. The summed E-state index contributed by atoms with van der Waals surface area (Å²) in [6.07, 6.45) is 3.46. The third-order valence-electron chi connectivity index (χ3n) is 2.54. The van der Waals surface area contributed by atoms with Crippen LogP contribution in [0.2, 0.25) is 0 Å². The van der Waals surface area contributed by atoms with Gasteiger partial charge in [-0.1, -0.05) is 30.3 Å². The first-order valence-electron chi connectivity index (χ1n) is 5.23. The molecule has 1 aromatic heterocycles. The third-order valence-corrected chi connectivity index (χ3v) is 2.54. The number of aliphatic hydroxyl groups is 1. The van der Waals surface area contributed by atoms with Gasteiger partial charge in [0.05, 0.1) is 12.9 Å². The SMILES string of the molecule is CC(=CCO)c1ccc(-c2ccco2)cc1. The Kier molecular flexibility index (Phi) is 3.22. The molecule has 0 aliphatic rings. The summed E-state index contributed by atoms with van der Waals surface area (Å²) in [7, 11) is 0. The Balaban J connectivity index is 2.26. The van der Waals surface area contributed by atoms with Crippen LogP contribution in [0.3, 0.4) is 0 Å². The highest BCUT2D eigenvalue weighted by atomic mass is 16.3. The molecule has 0 aliphatic heterocycles. The second-order valence-corrected chi connectivity index (χ2v) is 3.62. The fourth-order valence-corrected chi connectivity index (χ4v) is 1.59. The molecule has 0 atom stereocenters. The van der Waals surface area contributed by atoms with Crippen LogP contribution < -0.4 is 0 Å². The summed E-state index contributed by atoms with van der Waals surface area (Å²) in [5, 5.41) is 8.81. The van der Waals surface area contributed by atoms with E-state index in [0.717, 1.165) is 22.5 Å². The van der Waals surface area contributed by atoms with Crippen molar-refractivity contribution in [3.63, 3.8) is 0 Å². The number of allylic oxidation sites excluding steroid dienone is 1. The Morgan fingerprint density at radius 2 is 2.00 bits per heavy atom. The first-order chi connectivity index (χ1) is 7.81. The number of aliphatic hydroxyl groups excluding tert-OH is 1. The number of hydrogen-bond acceptors (Lipinski definition) is 2. The normalized spacial score (nSPS) is 11.8. The first-order valence-corrected chi connectivity index (χ1v) is 5.23. The van der Waals surface area contributed by atoms with E-state index >= 15 is 0 Å². The van der Waals surface area contributed by atoms with Crippen molar-refractivity contribution in [2.45, 2.75) is 6.92 Å². The molecule has 0 amide bonds. The van der Waals surface area contributed by atoms with Crippen molar-refractivity contribution >= 4 is 5.57 Å². The van der Waals surface area contributed by atoms with E-state index in [2.05, 4.69) is 0 Å².